The molecule has 1 fully saturated rings. The van der Waals surface area contributed by atoms with Crippen molar-refractivity contribution in [2.24, 2.45) is 23.7 Å². The zero-order valence-electron chi connectivity index (χ0n) is 20.7. The second-order valence-electron chi connectivity index (χ2n) is 10.3. The molecular formula is C28H30F6N2O. The summed E-state index contributed by atoms with van der Waals surface area (Å²) < 4.78 is 82.8. The Kier molecular flexibility index (Phi) is 7.72. The number of fused-ring (bicyclic) bond motifs is 6. The van der Waals surface area contributed by atoms with E-state index < -0.39 is 35.8 Å². The number of allylic oxidation sites excluding steroid dienone is 2. The summed E-state index contributed by atoms with van der Waals surface area (Å²) in [6.07, 6.45) is -2.75. The van der Waals surface area contributed by atoms with Crippen LogP contribution in [-0.2, 0) is 11.0 Å². The van der Waals surface area contributed by atoms with Crippen molar-refractivity contribution < 1.29 is 31.1 Å². The van der Waals surface area contributed by atoms with Gasteiger partial charge in [-0.25, -0.2) is 0 Å². The third kappa shape index (κ3) is 6.18. The molecule has 1 amide bonds. The number of carbonyl (C=O) groups excluding carboxylic acids is 1. The molecule has 0 saturated heterocycles. The average molecular weight is 525 g/mol. The summed E-state index contributed by atoms with van der Waals surface area (Å²) in [6.45, 7) is 3.95. The first kappa shape index (κ1) is 27.2. The lowest BCUT2D eigenvalue weighted by Crippen LogP contribution is -2.39. The zero-order chi connectivity index (χ0) is 27.0. The molecule has 5 atom stereocenters. The van der Waals surface area contributed by atoms with Crippen LogP contribution in [0.2, 0.25) is 0 Å². The van der Waals surface area contributed by atoms with E-state index in [1.165, 1.54) is 0 Å². The first-order valence-corrected chi connectivity index (χ1v) is 12.5. The van der Waals surface area contributed by atoms with Crippen LogP contribution in [-0.4, -0.2) is 17.1 Å². The number of amides is 1. The van der Waals surface area contributed by atoms with Gasteiger partial charge in [-0.1, -0.05) is 36.8 Å². The number of aromatic nitrogens is 1. The maximum absolute atomic E-state index is 14.5. The van der Waals surface area contributed by atoms with Gasteiger partial charge in [-0.2, -0.15) is 26.3 Å². The van der Waals surface area contributed by atoms with Crippen LogP contribution < -0.4 is 5.32 Å². The first-order chi connectivity index (χ1) is 17.3. The van der Waals surface area contributed by atoms with Crippen molar-refractivity contribution in [2.75, 3.05) is 5.32 Å². The Morgan fingerprint density at radius 1 is 1.00 bits per heavy atom. The van der Waals surface area contributed by atoms with Crippen LogP contribution in [0.3, 0.4) is 0 Å². The van der Waals surface area contributed by atoms with Crippen molar-refractivity contribution in [3.8, 4) is 0 Å². The van der Waals surface area contributed by atoms with Gasteiger partial charge in [-0.3, -0.25) is 9.78 Å². The molecule has 0 radical (unpaired) electrons. The molecule has 5 rings (SSSR count). The molecular weight excluding hydrogens is 494 g/mol. The number of carbonyl (C=O) groups is 1. The molecule has 9 heteroatoms. The molecule has 37 heavy (non-hydrogen) atoms. The number of benzene rings is 1. The van der Waals surface area contributed by atoms with Gasteiger partial charge in [0.05, 0.1) is 11.8 Å². The van der Waals surface area contributed by atoms with Gasteiger partial charge in [0.25, 0.3) is 0 Å². The van der Waals surface area contributed by atoms with E-state index in [2.05, 4.69) is 10.3 Å². The van der Waals surface area contributed by atoms with Gasteiger partial charge in [-0.05, 0) is 80.2 Å². The molecule has 1 aromatic carbocycles. The summed E-state index contributed by atoms with van der Waals surface area (Å²) in [5.74, 6) is -5.01. The van der Waals surface area contributed by atoms with E-state index >= 15 is 0 Å². The third-order valence-corrected chi connectivity index (χ3v) is 7.93. The van der Waals surface area contributed by atoms with Crippen LogP contribution in [0.25, 0.3) is 0 Å². The number of nitrogens with zero attached hydrogens (tertiary/aromatic N) is 1. The van der Waals surface area contributed by atoms with Gasteiger partial charge in [0.2, 0.25) is 5.91 Å². The quantitative estimate of drug-likeness (QED) is 0.327. The maximum atomic E-state index is 14.5. The predicted octanol–water partition coefficient (Wildman–Crippen LogP) is 8.00. The zero-order valence-corrected chi connectivity index (χ0v) is 20.7. The molecule has 0 aliphatic heterocycles. The Balaban J connectivity index is 1.69. The largest absolute Gasteiger partial charge is 0.433 e. The molecule has 0 spiro atoms. The molecule has 5 unspecified atom stereocenters. The lowest BCUT2D eigenvalue weighted by atomic mass is 9.74. The number of aryl methyl sites for hydroxylation is 1. The monoisotopic (exact) mass is 524 g/mol. The summed E-state index contributed by atoms with van der Waals surface area (Å²) in [7, 11) is 0. The Hall–Kier alpha value is -2.84. The molecule has 2 bridgehead atoms. The highest BCUT2D eigenvalue weighted by Crippen LogP contribution is 2.48. The predicted molar refractivity (Wildman–Crippen MR) is 129 cm³/mol. The Morgan fingerprint density at radius 3 is 2.46 bits per heavy atom. The first-order valence-electron chi connectivity index (χ1n) is 12.5. The lowest BCUT2D eigenvalue weighted by Gasteiger charge is -2.33. The minimum atomic E-state index is -4.74. The minimum Gasteiger partial charge on any atom is -0.326 e. The fourth-order valence-corrected chi connectivity index (χ4v) is 5.84. The van der Waals surface area contributed by atoms with Crippen LogP contribution in [0, 0.1) is 37.5 Å². The number of nitrogens with one attached hydrogen (secondary N) is 1. The fourth-order valence-electron chi connectivity index (χ4n) is 5.84. The van der Waals surface area contributed by atoms with Crippen LogP contribution in [0.4, 0.5) is 32.0 Å². The number of pyridine rings is 1. The van der Waals surface area contributed by atoms with Crippen molar-refractivity contribution >= 4 is 11.6 Å². The number of hydrogen-bond donors (Lipinski definition) is 1. The van der Waals surface area contributed by atoms with Crippen LogP contribution in [0.15, 0.2) is 48.7 Å². The highest BCUT2D eigenvalue weighted by atomic mass is 19.4. The molecule has 1 N–H and O–H groups in total. The SMILES string of the molecule is Cc1cccc(C2/C=C/C3CCCC2CC(C(F)(F)F)C(C(=O)Nc2ccnc(C(F)(F)F)c2)C3)c1C. The summed E-state index contributed by atoms with van der Waals surface area (Å²) in [4.78, 5) is 16.5. The van der Waals surface area contributed by atoms with Crippen LogP contribution >= 0.6 is 0 Å². The van der Waals surface area contributed by atoms with Crippen molar-refractivity contribution in [3.63, 3.8) is 0 Å². The minimum absolute atomic E-state index is 0.0179. The van der Waals surface area contributed by atoms with E-state index in [9.17, 15) is 31.1 Å². The second-order valence-corrected chi connectivity index (χ2v) is 10.3. The average Bonchev–Trinajstić information content (AvgIpc) is 2.94. The molecule has 1 aromatic heterocycles. The maximum Gasteiger partial charge on any atom is 0.433 e. The highest BCUT2D eigenvalue weighted by Gasteiger charge is 2.50. The van der Waals surface area contributed by atoms with E-state index in [-0.39, 0.29) is 36.3 Å². The van der Waals surface area contributed by atoms with E-state index in [4.69, 9.17) is 0 Å². The molecule has 200 valence electrons. The van der Waals surface area contributed by atoms with Crippen molar-refractivity contribution in [3.05, 3.63) is 71.1 Å². The second kappa shape index (κ2) is 10.5. The number of hydrogen-bond acceptors (Lipinski definition) is 2. The smallest absolute Gasteiger partial charge is 0.326 e. The van der Waals surface area contributed by atoms with Gasteiger partial charge in [0.15, 0.2) is 0 Å². The standard InChI is InChI=1S/C28H30F6N2O/c1-16-5-3-8-21(17(16)2)22-10-9-18-6-4-7-19(22)14-24(27(29,30)31)23(13-18)26(37)36-20-11-12-35-25(15-20)28(32,33)34/h3,5,8-12,15,18-19,22-24H,4,6-7,13-14H2,1-2H3,(H,35,36,37)/b10-9+. The van der Waals surface area contributed by atoms with E-state index in [0.29, 0.717) is 18.9 Å². The van der Waals surface area contributed by atoms with E-state index in [1.54, 1.807) is 0 Å². The van der Waals surface area contributed by atoms with Gasteiger partial charge >= 0.3 is 12.4 Å². The lowest BCUT2D eigenvalue weighted by molar-refractivity contribution is -0.196. The number of rotatable bonds is 3. The molecule has 3 aliphatic rings. The fraction of sp³-hybridized carbons (Fsp3) is 0.500. The topological polar surface area (TPSA) is 42.0 Å². The molecule has 3 aliphatic carbocycles. The molecule has 3 nitrogen and oxygen atoms in total. The van der Waals surface area contributed by atoms with Crippen molar-refractivity contribution in [1.29, 1.82) is 0 Å². The Labute approximate surface area is 212 Å². The van der Waals surface area contributed by atoms with E-state index in [1.807, 2.05) is 44.2 Å². The van der Waals surface area contributed by atoms with Gasteiger partial charge in [-0.15, -0.1) is 0 Å². The van der Waals surface area contributed by atoms with Crippen LogP contribution in [0.5, 0.6) is 0 Å². The summed E-state index contributed by atoms with van der Waals surface area (Å²) in [5.41, 5.74) is 1.68. The van der Waals surface area contributed by atoms with Gasteiger partial charge < -0.3 is 5.32 Å². The van der Waals surface area contributed by atoms with Gasteiger partial charge in [0, 0.05) is 17.8 Å². The summed E-state index contributed by atoms with van der Waals surface area (Å²) in [6, 6.07) is 7.65. The summed E-state index contributed by atoms with van der Waals surface area (Å²) >= 11 is 0. The van der Waals surface area contributed by atoms with Crippen LogP contribution in [0.1, 0.15) is 60.4 Å². The van der Waals surface area contributed by atoms with Crippen molar-refractivity contribution in [1.82, 2.24) is 4.98 Å². The number of anilines is 1. The van der Waals surface area contributed by atoms with E-state index in [0.717, 1.165) is 35.4 Å². The highest BCUT2D eigenvalue weighted by molar-refractivity contribution is 5.92. The molecule has 1 saturated carbocycles. The number of halogens is 6. The Morgan fingerprint density at radius 2 is 1.76 bits per heavy atom. The molecule has 1 heterocycles. The van der Waals surface area contributed by atoms with Crippen molar-refractivity contribution in [2.45, 2.75) is 64.2 Å². The summed E-state index contributed by atoms with van der Waals surface area (Å²) in [5, 5.41) is 2.33. The Bertz CT molecular complexity index is 1160. The third-order valence-electron chi connectivity index (χ3n) is 7.93. The normalized spacial score (nSPS) is 27.5. The van der Waals surface area contributed by atoms with Gasteiger partial charge in [0.1, 0.15) is 5.69 Å². The number of alkyl halides is 6. The molecule has 2 aromatic rings.